The van der Waals surface area contributed by atoms with Crippen LogP contribution in [-0.4, -0.2) is 25.2 Å². The van der Waals surface area contributed by atoms with E-state index in [1.165, 1.54) is 11.4 Å². The lowest BCUT2D eigenvalue weighted by Gasteiger charge is -2.11. The number of nitrogens with zero attached hydrogens (tertiary/aromatic N) is 5. The molecule has 0 aliphatic rings. The monoisotopic (exact) mass is 305 g/mol. The maximum Gasteiger partial charge on any atom is 0.216 e. The van der Waals surface area contributed by atoms with E-state index in [0.29, 0.717) is 5.57 Å². The molecule has 0 spiro atoms. The van der Waals surface area contributed by atoms with Gasteiger partial charge in [-0.25, -0.2) is 0 Å². The summed E-state index contributed by atoms with van der Waals surface area (Å²) in [5.74, 6) is 0.258. The SMILES string of the molecule is Cc1ccc(C)n1-c1cccc(NC=C(C#N)c2nn[nH]n2)c1. The third-order valence-corrected chi connectivity index (χ3v) is 3.47. The number of benzene rings is 1. The third-order valence-electron chi connectivity index (χ3n) is 3.47. The van der Waals surface area contributed by atoms with Gasteiger partial charge in [0.15, 0.2) is 0 Å². The second-order valence-electron chi connectivity index (χ2n) is 5.05. The van der Waals surface area contributed by atoms with Crippen LogP contribution in [0.15, 0.2) is 42.6 Å². The van der Waals surface area contributed by atoms with Gasteiger partial charge in [0, 0.05) is 29.0 Å². The van der Waals surface area contributed by atoms with Crippen LogP contribution >= 0.6 is 0 Å². The molecule has 0 aliphatic heterocycles. The van der Waals surface area contributed by atoms with Crippen molar-refractivity contribution in [1.29, 1.82) is 5.26 Å². The topological polar surface area (TPSA) is 95.2 Å². The molecule has 2 heterocycles. The first-order valence-electron chi connectivity index (χ1n) is 7.05. The van der Waals surface area contributed by atoms with Gasteiger partial charge in [0.1, 0.15) is 11.6 Å². The van der Waals surface area contributed by atoms with E-state index >= 15 is 0 Å². The zero-order valence-corrected chi connectivity index (χ0v) is 12.8. The van der Waals surface area contributed by atoms with Gasteiger partial charge in [-0.1, -0.05) is 6.07 Å². The number of nitrogens with one attached hydrogen (secondary N) is 2. The molecule has 0 aliphatic carbocycles. The van der Waals surface area contributed by atoms with Gasteiger partial charge in [0.05, 0.1) is 0 Å². The second-order valence-corrected chi connectivity index (χ2v) is 5.05. The molecule has 114 valence electrons. The molecular formula is C16H15N7. The molecule has 2 N–H and O–H groups in total. The van der Waals surface area contributed by atoms with Gasteiger partial charge >= 0.3 is 0 Å². The van der Waals surface area contributed by atoms with Crippen molar-refractivity contribution in [2.45, 2.75) is 13.8 Å². The quantitative estimate of drug-likeness (QED) is 0.722. The van der Waals surface area contributed by atoms with E-state index in [1.54, 1.807) is 6.20 Å². The molecule has 0 saturated heterocycles. The lowest BCUT2D eigenvalue weighted by Crippen LogP contribution is -2.00. The molecule has 0 amide bonds. The highest BCUT2D eigenvalue weighted by Gasteiger charge is 2.06. The number of anilines is 1. The number of aryl methyl sites for hydroxylation is 2. The molecular weight excluding hydrogens is 290 g/mol. The maximum atomic E-state index is 9.17. The van der Waals surface area contributed by atoms with Crippen LogP contribution in [0, 0.1) is 25.2 Å². The molecule has 0 radical (unpaired) electrons. The highest BCUT2D eigenvalue weighted by molar-refractivity contribution is 5.74. The number of tetrazole rings is 1. The standard InChI is InChI=1S/C16H15N7/c1-11-6-7-12(2)23(11)15-5-3-4-14(8-15)18-10-13(9-17)16-19-21-22-20-16/h3-8,10,18H,1-2H3,(H,19,20,21,22). The summed E-state index contributed by atoms with van der Waals surface area (Å²) in [4.78, 5) is 0. The Hall–Kier alpha value is -3.40. The summed E-state index contributed by atoms with van der Waals surface area (Å²) in [5, 5.41) is 25.7. The average molecular weight is 305 g/mol. The van der Waals surface area contributed by atoms with Crippen molar-refractivity contribution in [3.8, 4) is 11.8 Å². The van der Waals surface area contributed by atoms with Crippen molar-refractivity contribution in [2.24, 2.45) is 0 Å². The Morgan fingerprint density at radius 1 is 1.26 bits per heavy atom. The van der Waals surface area contributed by atoms with Crippen molar-refractivity contribution in [3.05, 3.63) is 59.8 Å². The Bertz CT molecular complexity index is 862. The molecule has 0 fully saturated rings. The van der Waals surface area contributed by atoms with Gasteiger partial charge in [-0.3, -0.25) is 0 Å². The minimum Gasteiger partial charge on any atom is -0.360 e. The van der Waals surface area contributed by atoms with E-state index in [2.05, 4.69) is 56.5 Å². The normalized spacial score (nSPS) is 11.3. The molecule has 0 atom stereocenters. The zero-order valence-electron chi connectivity index (χ0n) is 12.8. The Balaban J connectivity index is 1.88. The average Bonchev–Trinajstić information content (AvgIpc) is 3.19. The van der Waals surface area contributed by atoms with Crippen LogP contribution in [0.1, 0.15) is 17.2 Å². The lowest BCUT2D eigenvalue weighted by atomic mass is 10.2. The van der Waals surface area contributed by atoms with Gasteiger partial charge in [-0.05, 0) is 49.4 Å². The summed E-state index contributed by atoms with van der Waals surface area (Å²) in [6.07, 6.45) is 1.57. The van der Waals surface area contributed by atoms with Crippen molar-refractivity contribution >= 4 is 11.3 Å². The van der Waals surface area contributed by atoms with Gasteiger partial charge in [-0.15, -0.1) is 10.2 Å². The lowest BCUT2D eigenvalue weighted by molar-refractivity contribution is 0.881. The molecule has 3 aromatic rings. The van der Waals surface area contributed by atoms with Crippen molar-refractivity contribution < 1.29 is 0 Å². The van der Waals surface area contributed by atoms with E-state index in [-0.39, 0.29) is 5.82 Å². The number of rotatable bonds is 4. The zero-order chi connectivity index (χ0) is 16.2. The first kappa shape index (κ1) is 14.5. The summed E-state index contributed by atoms with van der Waals surface area (Å²) < 4.78 is 2.17. The van der Waals surface area contributed by atoms with Gasteiger partial charge in [-0.2, -0.15) is 10.5 Å². The Morgan fingerprint density at radius 2 is 2.04 bits per heavy atom. The summed E-state index contributed by atoms with van der Waals surface area (Å²) in [6, 6.07) is 14.2. The molecule has 0 unspecified atom stereocenters. The number of H-pyrrole nitrogens is 1. The second kappa shape index (κ2) is 6.15. The number of aromatic nitrogens is 5. The highest BCUT2D eigenvalue weighted by atomic mass is 15.5. The molecule has 2 aromatic heterocycles. The Labute approximate surface area is 133 Å². The first-order chi connectivity index (χ1) is 11.2. The van der Waals surface area contributed by atoms with E-state index in [0.717, 1.165) is 11.4 Å². The van der Waals surface area contributed by atoms with Crippen molar-refractivity contribution in [2.75, 3.05) is 5.32 Å². The predicted molar refractivity (Wildman–Crippen MR) is 86.6 cm³/mol. The van der Waals surface area contributed by atoms with Gasteiger partial charge < -0.3 is 9.88 Å². The summed E-state index contributed by atoms with van der Waals surface area (Å²) >= 11 is 0. The van der Waals surface area contributed by atoms with Crippen LogP contribution in [-0.2, 0) is 0 Å². The Kier molecular flexibility index (Phi) is 3.89. The summed E-state index contributed by atoms with van der Waals surface area (Å²) in [6.45, 7) is 4.13. The number of allylic oxidation sites excluding steroid dienone is 1. The summed E-state index contributed by atoms with van der Waals surface area (Å²) in [7, 11) is 0. The minimum atomic E-state index is 0.258. The fourth-order valence-corrected chi connectivity index (χ4v) is 2.39. The van der Waals surface area contributed by atoms with E-state index in [9.17, 15) is 0 Å². The largest absolute Gasteiger partial charge is 0.360 e. The summed E-state index contributed by atoms with van der Waals surface area (Å²) in [5.41, 5.74) is 4.56. The highest BCUT2D eigenvalue weighted by Crippen LogP contribution is 2.20. The first-order valence-corrected chi connectivity index (χ1v) is 7.05. The van der Waals surface area contributed by atoms with Crippen LogP contribution in [0.5, 0.6) is 0 Å². The molecule has 0 saturated carbocycles. The number of hydrogen-bond donors (Lipinski definition) is 2. The molecule has 23 heavy (non-hydrogen) atoms. The molecule has 7 nitrogen and oxygen atoms in total. The minimum absolute atomic E-state index is 0.258. The molecule has 3 rings (SSSR count). The smallest absolute Gasteiger partial charge is 0.216 e. The Morgan fingerprint density at radius 3 is 2.70 bits per heavy atom. The number of hydrogen-bond acceptors (Lipinski definition) is 5. The van der Waals surface area contributed by atoms with Gasteiger partial charge in [0.2, 0.25) is 5.82 Å². The van der Waals surface area contributed by atoms with Crippen LogP contribution in [0.25, 0.3) is 11.3 Å². The van der Waals surface area contributed by atoms with Gasteiger partial charge in [0.25, 0.3) is 0 Å². The van der Waals surface area contributed by atoms with E-state index in [4.69, 9.17) is 5.26 Å². The van der Waals surface area contributed by atoms with Crippen molar-refractivity contribution in [3.63, 3.8) is 0 Å². The fourth-order valence-electron chi connectivity index (χ4n) is 2.39. The molecule has 1 aromatic carbocycles. The van der Waals surface area contributed by atoms with E-state index < -0.39 is 0 Å². The third kappa shape index (κ3) is 2.96. The number of nitriles is 1. The van der Waals surface area contributed by atoms with Crippen LogP contribution in [0.2, 0.25) is 0 Å². The molecule has 0 bridgehead atoms. The van der Waals surface area contributed by atoms with E-state index in [1.807, 2.05) is 30.3 Å². The van der Waals surface area contributed by atoms with Crippen LogP contribution in [0.4, 0.5) is 5.69 Å². The molecule has 7 heteroatoms. The van der Waals surface area contributed by atoms with Crippen LogP contribution in [0.3, 0.4) is 0 Å². The predicted octanol–water partition coefficient (Wildman–Crippen LogP) is 2.58. The van der Waals surface area contributed by atoms with Crippen LogP contribution < -0.4 is 5.32 Å². The fraction of sp³-hybridized carbons (Fsp3) is 0.125. The number of aromatic amines is 1. The van der Waals surface area contributed by atoms with Crippen molar-refractivity contribution in [1.82, 2.24) is 25.2 Å². The maximum absolute atomic E-state index is 9.17.